The summed E-state index contributed by atoms with van der Waals surface area (Å²) in [5, 5.41) is 4.18. The lowest BCUT2D eigenvalue weighted by Crippen LogP contribution is -2.27. The highest BCUT2D eigenvalue weighted by Crippen LogP contribution is 2.30. The lowest BCUT2D eigenvalue weighted by Gasteiger charge is -2.14. The van der Waals surface area contributed by atoms with Gasteiger partial charge in [-0.2, -0.15) is 18.2 Å². The number of aryl methyl sites for hydroxylation is 2. The molecule has 3 rings (SSSR count). The van der Waals surface area contributed by atoms with Crippen molar-refractivity contribution in [3.63, 3.8) is 0 Å². The smallest absolute Gasteiger partial charge is 0.417 e. The zero-order valence-electron chi connectivity index (χ0n) is 16.2. The summed E-state index contributed by atoms with van der Waals surface area (Å²) >= 11 is 0. The Labute approximate surface area is 164 Å². The molecular weight excluding hydrogens is 387 g/mol. The summed E-state index contributed by atoms with van der Waals surface area (Å²) < 4.78 is 44.9. The number of methoxy groups -OCH3 is 1. The Morgan fingerprint density at radius 3 is 2.48 bits per heavy atom. The fourth-order valence-electron chi connectivity index (χ4n) is 2.75. The molecular formula is C19H18F3N5O2. The van der Waals surface area contributed by atoms with Crippen LogP contribution in [-0.4, -0.2) is 39.8 Å². The first-order valence-corrected chi connectivity index (χ1v) is 8.49. The van der Waals surface area contributed by atoms with Crippen molar-refractivity contribution in [1.29, 1.82) is 0 Å². The van der Waals surface area contributed by atoms with Gasteiger partial charge in [-0.1, -0.05) is 0 Å². The molecule has 1 amide bonds. The van der Waals surface area contributed by atoms with E-state index >= 15 is 0 Å². The fourth-order valence-corrected chi connectivity index (χ4v) is 2.75. The van der Waals surface area contributed by atoms with Gasteiger partial charge in [0, 0.05) is 18.8 Å². The summed E-state index contributed by atoms with van der Waals surface area (Å²) in [7, 11) is 3.01. The van der Waals surface area contributed by atoms with Crippen LogP contribution in [0.2, 0.25) is 0 Å². The van der Waals surface area contributed by atoms with Crippen LogP contribution in [0.3, 0.4) is 0 Å². The van der Waals surface area contributed by atoms with Crippen LogP contribution in [0.15, 0.2) is 36.8 Å². The van der Waals surface area contributed by atoms with E-state index in [2.05, 4.69) is 15.1 Å². The molecule has 152 valence electrons. The predicted octanol–water partition coefficient (Wildman–Crippen LogP) is 3.58. The van der Waals surface area contributed by atoms with Crippen molar-refractivity contribution >= 4 is 11.9 Å². The number of hydrogen-bond donors (Lipinski definition) is 0. The number of amides is 1. The van der Waals surface area contributed by atoms with E-state index in [-0.39, 0.29) is 23.2 Å². The number of aromatic nitrogens is 4. The average molecular weight is 405 g/mol. The van der Waals surface area contributed by atoms with Gasteiger partial charge in [-0.05, 0) is 49.2 Å². The highest BCUT2D eigenvalue weighted by molar-refractivity contribution is 6.05. The number of benzene rings is 1. The van der Waals surface area contributed by atoms with Gasteiger partial charge in [0.1, 0.15) is 12.1 Å². The average Bonchev–Trinajstić information content (AvgIpc) is 3.15. The van der Waals surface area contributed by atoms with Crippen LogP contribution >= 0.6 is 0 Å². The third-order valence-electron chi connectivity index (χ3n) is 4.21. The standard InChI is InChI=1S/C19H18F3N5O2/c1-11-5-13(8-15(6-11)29-4)17(28)26(3)18-24-10-27(25-18)16-12(2)7-14(9-23-16)19(20,21)22/h5-10H,1-4H3. The van der Waals surface area contributed by atoms with Crippen molar-refractivity contribution in [2.24, 2.45) is 0 Å². The topological polar surface area (TPSA) is 73.1 Å². The molecule has 0 atom stereocenters. The quantitative estimate of drug-likeness (QED) is 0.663. The molecule has 2 heterocycles. The minimum absolute atomic E-state index is 0.0802. The number of alkyl halides is 3. The minimum atomic E-state index is -4.48. The number of rotatable bonds is 4. The SMILES string of the molecule is COc1cc(C)cc(C(=O)N(C)c2ncn(-c3ncc(C(F)(F)F)cc3C)n2)c1. The van der Waals surface area contributed by atoms with Gasteiger partial charge in [-0.25, -0.2) is 9.67 Å². The number of ether oxygens (including phenoxy) is 1. The van der Waals surface area contributed by atoms with Crippen LogP contribution in [-0.2, 0) is 6.18 Å². The molecule has 0 aliphatic heterocycles. The first-order valence-electron chi connectivity index (χ1n) is 8.49. The Balaban J connectivity index is 1.88. The molecule has 0 saturated heterocycles. The number of nitrogens with zero attached hydrogens (tertiary/aromatic N) is 5. The second-order valence-corrected chi connectivity index (χ2v) is 6.45. The molecule has 0 radical (unpaired) electrons. The van der Waals surface area contributed by atoms with E-state index in [1.54, 1.807) is 18.2 Å². The molecule has 0 bridgehead atoms. The van der Waals surface area contributed by atoms with E-state index in [0.29, 0.717) is 11.3 Å². The summed E-state index contributed by atoms with van der Waals surface area (Å²) in [6, 6.07) is 6.09. The van der Waals surface area contributed by atoms with Gasteiger partial charge in [0.05, 0.1) is 12.7 Å². The molecule has 0 saturated carbocycles. The monoisotopic (exact) mass is 405 g/mol. The van der Waals surface area contributed by atoms with Crippen LogP contribution in [0.5, 0.6) is 5.75 Å². The Kier molecular flexibility index (Phi) is 5.27. The van der Waals surface area contributed by atoms with Crippen LogP contribution in [0, 0.1) is 13.8 Å². The number of carbonyl (C=O) groups is 1. The largest absolute Gasteiger partial charge is 0.497 e. The van der Waals surface area contributed by atoms with Crippen molar-refractivity contribution < 1.29 is 22.7 Å². The summed E-state index contributed by atoms with van der Waals surface area (Å²) in [5.41, 5.74) is 0.669. The highest BCUT2D eigenvalue weighted by atomic mass is 19.4. The molecule has 0 aliphatic rings. The third kappa shape index (κ3) is 4.20. The van der Waals surface area contributed by atoms with Crippen molar-refractivity contribution in [2.45, 2.75) is 20.0 Å². The fraction of sp³-hybridized carbons (Fsp3) is 0.263. The maximum atomic E-state index is 12.8. The second kappa shape index (κ2) is 7.53. The van der Waals surface area contributed by atoms with E-state index in [1.165, 1.54) is 37.0 Å². The molecule has 0 aliphatic carbocycles. The zero-order chi connectivity index (χ0) is 21.3. The van der Waals surface area contributed by atoms with E-state index in [0.717, 1.165) is 17.8 Å². The molecule has 29 heavy (non-hydrogen) atoms. The number of anilines is 1. The molecule has 7 nitrogen and oxygen atoms in total. The van der Waals surface area contributed by atoms with Gasteiger partial charge in [0.25, 0.3) is 11.9 Å². The molecule has 0 spiro atoms. The lowest BCUT2D eigenvalue weighted by molar-refractivity contribution is -0.137. The third-order valence-corrected chi connectivity index (χ3v) is 4.21. The van der Waals surface area contributed by atoms with Crippen molar-refractivity contribution in [3.05, 3.63) is 59.0 Å². The number of carbonyl (C=O) groups excluding carboxylic acids is 1. The maximum absolute atomic E-state index is 12.8. The number of hydrogen-bond acceptors (Lipinski definition) is 5. The van der Waals surface area contributed by atoms with Crippen molar-refractivity contribution in [2.75, 3.05) is 19.1 Å². The van der Waals surface area contributed by atoms with E-state index < -0.39 is 11.7 Å². The Hall–Kier alpha value is -3.43. The van der Waals surface area contributed by atoms with Crippen molar-refractivity contribution in [3.8, 4) is 11.6 Å². The Morgan fingerprint density at radius 2 is 1.86 bits per heavy atom. The minimum Gasteiger partial charge on any atom is -0.497 e. The van der Waals surface area contributed by atoms with Gasteiger partial charge in [-0.15, -0.1) is 5.10 Å². The molecule has 1 aromatic carbocycles. The number of pyridine rings is 1. The highest BCUT2D eigenvalue weighted by Gasteiger charge is 2.31. The van der Waals surface area contributed by atoms with Crippen LogP contribution < -0.4 is 9.64 Å². The molecule has 0 unspecified atom stereocenters. The Morgan fingerprint density at radius 1 is 1.14 bits per heavy atom. The van der Waals surface area contributed by atoms with Gasteiger partial charge in [0.2, 0.25) is 0 Å². The van der Waals surface area contributed by atoms with Crippen molar-refractivity contribution in [1.82, 2.24) is 19.7 Å². The Bertz CT molecular complexity index is 1060. The summed E-state index contributed by atoms with van der Waals surface area (Å²) in [6.45, 7) is 3.33. The van der Waals surface area contributed by atoms with E-state index in [1.807, 2.05) is 6.92 Å². The van der Waals surface area contributed by atoms with Gasteiger partial charge < -0.3 is 4.74 Å². The van der Waals surface area contributed by atoms with Gasteiger partial charge in [-0.3, -0.25) is 9.69 Å². The van der Waals surface area contributed by atoms with Crippen LogP contribution in [0.1, 0.15) is 27.0 Å². The van der Waals surface area contributed by atoms with Gasteiger partial charge >= 0.3 is 6.18 Å². The van der Waals surface area contributed by atoms with Gasteiger partial charge in [0.15, 0.2) is 5.82 Å². The molecule has 0 fully saturated rings. The second-order valence-electron chi connectivity index (χ2n) is 6.45. The van der Waals surface area contributed by atoms with E-state index in [4.69, 9.17) is 4.74 Å². The summed E-state index contributed by atoms with van der Waals surface area (Å²) in [6.07, 6.45) is -2.46. The molecule has 0 N–H and O–H groups in total. The number of halogens is 3. The molecule has 10 heteroatoms. The first kappa shape index (κ1) is 20.3. The zero-order valence-corrected chi connectivity index (χ0v) is 16.2. The van der Waals surface area contributed by atoms with Crippen LogP contribution in [0.4, 0.5) is 19.1 Å². The van der Waals surface area contributed by atoms with Crippen LogP contribution in [0.25, 0.3) is 5.82 Å². The van der Waals surface area contributed by atoms with E-state index in [9.17, 15) is 18.0 Å². The lowest BCUT2D eigenvalue weighted by atomic mass is 10.1. The summed E-state index contributed by atoms with van der Waals surface area (Å²) in [4.78, 5) is 21.9. The summed E-state index contributed by atoms with van der Waals surface area (Å²) in [5.74, 6) is 0.457. The maximum Gasteiger partial charge on any atom is 0.417 e. The first-order chi connectivity index (χ1) is 13.6. The normalized spacial score (nSPS) is 11.4. The predicted molar refractivity (Wildman–Crippen MR) is 99.4 cm³/mol. The molecule has 3 aromatic rings. The molecule has 2 aromatic heterocycles.